The average molecular weight is 272 g/mol. The van der Waals surface area contributed by atoms with Crippen molar-refractivity contribution in [1.82, 2.24) is 9.78 Å². The van der Waals surface area contributed by atoms with Crippen molar-refractivity contribution in [3.8, 4) is 5.69 Å². The second-order valence-electron chi connectivity index (χ2n) is 5.32. The van der Waals surface area contributed by atoms with Crippen molar-refractivity contribution in [3.05, 3.63) is 47.5 Å². The molecule has 0 amide bonds. The Morgan fingerprint density at radius 1 is 1.20 bits per heavy atom. The lowest BCUT2D eigenvalue weighted by atomic mass is 9.86. The van der Waals surface area contributed by atoms with Crippen molar-refractivity contribution in [2.24, 2.45) is 0 Å². The van der Waals surface area contributed by atoms with Crippen LogP contribution in [0.2, 0.25) is 0 Å². The Bertz CT molecular complexity index is 615. The molecule has 3 rings (SSSR count). The molecular formula is C16H17FN2O. The van der Waals surface area contributed by atoms with Gasteiger partial charge in [-0.05, 0) is 25.0 Å². The molecule has 1 saturated carbocycles. The van der Waals surface area contributed by atoms with E-state index in [0.717, 1.165) is 24.8 Å². The van der Waals surface area contributed by atoms with Crippen LogP contribution in [0.4, 0.5) is 4.39 Å². The number of rotatable bonds is 3. The van der Waals surface area contributed by atoms with E-state index in [1.807, 2.05) is 0 Å². The first kappa shape index (κ1) is 13.0. The maximum Gasteiger partial charge on any atom is 0.153 e. The molecular weight excluding hydrogens is 255 g/mol. The van der Waals surface area contributed by atoms with E-state index >= 15 is 0 Å². The smallest absolute Gasteiger partial charge is 0.153 e. The van der Waals surface area contributed by atoms with Crippen LogP contribution in [0, 0.1) is 5.82 Å². The van der Waals surface area contributed by atoms with Gasteiger partial charge in [-0.2, -0.15) is 5.10 Å². The summed E-state index contributed by atoms with van der Waals surface area (Å²) in [6, 6.07) is 6.48. The molecule has 104 valence electrons. The van der Waals surface area contributed by atoms with E-state index in [2.05, 4.69) is 5.10 Å². The Balaban J connectivity index is 2.00. The van der Waals surface area contributed by atoms with Gasteiger partial charge in [-0.15, -0.1) is 0 Å². The lowest BCUT2D eigenvalue weighted by Gasteiger charge is -2.20. The largest absolute Gasteiger partial charge is 0.298 e. The van der Waals surface area contributed by atoms with Gasteiger partial charge in [0, 0.05) is 12.1 Å². The number of para-hydroxylation sites is 1. The number of halogens is 1. The maximum absolute atomic E-state index is 13.8. The highest BCUT2D eigenvalue weighted by molar-refractivity contribution is 5.76. The molecule has 1 aromatic heterocycles. The van der Waals surface area contributed by atoms with Gasteiger partial charge in [-0.1, -0.05) is 31.4 Å². The fraction of sp³-hybridized carbons (Fsp3) is 0.375. The first-order valence-corrected chi connectivity index (χ1v) is 7.09. The van der Waals surface area contributed by atoms with E-state index in [1.54, 1.807) is 24.4 Å². The highest BCUT2D eigenvalue weighted by Crippen LogP contribution is 2.33. The summed E-state index contributed by atoms with van der Waals surface area (Å²) < 4.78 is 15.3. The number of hydrogen-bond donors (Lipinski definition) is 0. The van der Waals surface area contributed by atoms with Crippen LogP contribution < -0.4 is 0 Å². The van der Waals surface area contributed by atoms with Crippen LogP contribution >= 0.6 is 0 Å². The summed E-state index contributed by atoms with van der Waals surface area (Å²) in [5, 5.41) is 4.48. The Morgan fingerprint density at radius 3 is 2.65 bits per heavy atom. The number of aldehydes is 1. The summed E-state index contributed by atoms with van der Waals surface area (Å²) in [6.45, 7) is 0. The standard InChI is InChI=1S/C16H17FN2O/c17-14-8-4-5-9-15(14)19-10-13(11-20)16(18-19)12-6-2-1-3-7-12/h4-5,8-12H,1-3,6-7H2. The Morgan fingerprint density at radius 2 is 1.95 bits per heavy atom. The lowest BCUT2D eigenvalue weighted by molar-refractivity contribution is 0.112. The van der Waals surface area contributed by atoms with Crippen molar-refractivity contribution in [2.45, 2.75) is 38.0 Å². The van der Waals surface area contributed by atoms with Crippen LogP contribution in [-0.4, -0.2) is 16.1 Å². The quantitative estimate of drug-likeness (QED) is 0.795. The minimum Gasteiger partial charge on any atom is -0.298 e. The highest BCUT2D eigenvalue weighted by Gasteiger charge is 2.22. The van der Waals surface area contributed by atoms with Gasteiger partial charge >= 0.3 is 0 Å². The summed E-state index contributed by atoms with van der Waals surface area (Å²) in [7, 11) is 0. The minimum atomic E-state index is -0.331. The van der Waals surface area contributed by atoms with Crippen LogP contribution in [0.15, 0.2) is 30.5 Å². The Labute approximate surface area is 117 Å². The molecule has 3 nitrogen and oxygen atoms in total. The molecule has 0 saturated heterocycles. The number of aromatic nitrogens is 2. The third kappa shape index (κ3) is 2.38. The van der Waals surface area contributed by atoms with Gasteiger partial charge in [-0.3, -0.25) is 4.79 Å². The fourth-order valence-electron chi connectivity index (χ4n) is 2.95. The van der Waals surface area contributed by atoms with E-state index in [-0.39, 0.29) is 5.82 Å². The molecule has 4 heteroatoms. The zero-order valence-corrected chi connectivity index (χ0v) is 11.3. The molecule has 0 N–H and O–H groups in total. The summed E-state index contributed by atoms with van der Waals surface area (Å²) in [5.41, 5.74) is 1.79. The summed E-state index contributed by atoms with van der Waals surface area (Å²) in [6.07, 6.45) is 8.19. The van der Waals surface area contributed by atoms with Crippen LogP contribution in [0.5, 0.6) is 0 Å². The Hall–Kier alpha value is -1.97. The molecule has 2 aromatic rings. The second-order valence-corrected chi connectivity index (χ2v) is 5.32. The maximum atomic E-state index is 13.8. The lowest BCUT2D eigenvalue weighted by Crippen LogP contribution is -2.08. The van der Waals surface area contributed by atoms with Gasteiger partial charge in [0.25, 0.3) is 0 Å². The topological polar surface area (TPSA) is 34.9 Å². The molecule has 1 fully saturated rings. The monoisotopic (exact) mass is 272 g/mol. The number of carbonyl (C=O) groups excluding carboxylic acids is 1. The predicted octanol–water partition coefficient (Wildman–Crippen LogP) is 3.87. The van der Waals surface area contributed by atoms with Gasteiger partial charge in [0.2, 0.25) is 0 Å². The molecule has 0 spiro atoms. The van der Waals surface area contributed by atoms with E-state index in [0.29, 0.717) is 17.2 Å². The summed E-state index contributed by atoms with van der Waals surface area (Å²) in [5.74, 6) is -0.000355. The van der Waals surface area contributed by atoms with E-state index in [1.165, 1.54) is 30.0 Å². The first-order valence-electron chi connectivity index (χ1n) is 7.09. The van der Waals surface area contributed by atoms with Crippen molar-refractivity contribution in [1.29, 1.82) is 0 Å². The van der Waals surface area contributed by atoms with E-state index < -0.39 is 0 Å². The first-order chi connectivity index (χ1) is 9.79. The van der Waals surface area contributed by atoms with Crippen molar-refractivity contribution in [3.63, 3.8) is 0 Å². The van der Waals surface area contributed by atoms with Gasteiger partial charge in [0.1, 0.15) is 11.5 Å². The van der Waals surface area contributed by atoms with Gasteiger partial charge < -0.3 is 0 Å². The number of hydrogen-bond acceptors (Lipinski definition) is 2. The van der Waals surface area contributed by atoms with Crippen molar-refractivity contribution in [2.75, 3.05) is 0 Å². The zero-order valence-electron chi connectivity index (χ0n) is 11.3. The fourth-order valence-corrected chi connectivity index (χ4v) is 2.95. The molecule has 1 heterocycles. The molecule has 0 unspecified atom stereocenters. The molecule has 0 radical (unpaired) electrons. The van der Waals surface area contributed by atoms with Crippen LogP contribution in [0.1, 0.15) is 54.1 Å². The summed E-state index contributed by atoms with van der Waals surface area (Å²) >= 11 is 0. The molecule has 0 atom stereocenters. The zero-order chi connectivity index (χ0) is 13.9. The minimum absolute atomic E-state index is 0.331. The SMILES string of the molecule is O=Cc1cn(-c2ccccc2F)nc1C1CCCCC1. The van der Waals surface area contributed by atoms with Crippen molar-refractivity contribution >= 4 is 6.29 Å². The third-order valence-corrected chi connectivity index (χ3v) is 3.99. The number of nitrogens with zero attached hydrogens (tertiary/aromatic N) is 2. The van der Waals surface area contributed by atoms with Crippen LogP contribution in [-0.2, 0) is 0 Å². The van der Waals surface area contributed by atoms with Gasteiger partial charge in [0.05, 0.1) is 11.3 Å². The highest BCUT2D eigenvalue weighted by atomic mass is 19.1. The molecule has 1 aliphatic rings. The van der Waals surface area contributed by atoms with Gasteiger partial charge in [-0.25, -0.2) is 9.07 Å². The summed E-state index contributed by atoms with van der Waals surface area (Å²) in [4.78, 5) is 11.3. The van der Waals surface area contributed by atoms with Crippen LogP contribution in [0.25, 0.3) is 5.69 Å². The van der Waals surface area contributed by atoms with Crippen LogP contribution in [0.3, 0.4) is 0 Å². The second kappa shape index (κ2) is 5.57. The molecule has 20 heavy (non-hydrogen) atoms. The average Bonchev–Trinajstić information content (AvgIpc) is 2.92. The molecule has 1 aromatic carbocycles. The normalized spacial score (nSPS) is 16.2. The van der Waals surface area contributed by atoms with E-state index in [4.69, 9.17) is 0 Å². The number of benzene rings is 1. The Kier molecular flexibility index (Phi) is 3.63. The number of carbonyl (C=O) groups is 1. The van der Waals surface area contributed by atoms with Gasteiger partial charge in [0.15, 0.2) is 6.29 Å². The predicted molar refractivity (Wildman–Crippen MR) is 74.7 cm³/mol. The van der Waals surface area contributed by atoms with Crippen molar-refractivity contribution < 1.29 is 9.18 Å². The molecule has 0 aliphatic heterocycles. The third-order valence-electron chi connectivity index (χ3n) is 3.99. The molecule has 1 aliphatic carbocycles. The molecule has 0 bridgehead atoms. The van der Waals surface area contributed by atoms with E-state index in [9.17, 15) is 9.18 Å².